The smallest absolute Gasteiger partial charge is 0.337 e. The van der Waals surface area contributed by atoms with Crippen LogP contribution >= 0.6 is 12.2 Å². The summed E-state index contributed by atoms with van der Waals surface area (Å²) in [5.41, 5.74) is 5.90. The second-order valence-electron chi connectivity index (χ2n) is 4.62. The van der Waals surface area contributed by atoms with E-state index < -0.39 is 11.9 Å². The summed E-state index contributed by atoms with van der Waals surface area (Å²) in [4.78, 5) is 23.4. The van der Waals surface area contributed by atoms with Gasteiger partial charge in [0.25, 0.3) is 5.91 Å². The molecule has 4 N–H and O–H groups in total. The van der Waals surface area contributed by atoms with Gasteiger partial charge >= 0.3 is 5.97 Å². The van der Waals surface area contributed by atoms with Crippen LogP contribution in [0.15, 0.2) is 48.5 Å². The number of hydrogen-bond acceptors (Lipinski definition) is 5. The van der Waals surface area contributed by atoms with Crippen molar-refractivity contribution < 1.29 is 19.4 Å². The third-order valence-electron chi connectivity index (χ3n) is 2.98. The van der Waals surface area contributed by atoms with Crippen molar-refractivity contribution in [1.29, 1.82) is 0 Å². The van der Waals surface area contributed by atoms with Crippen LogP contribution in [0.2, 0.25) is 0 Å². The minimum absolute atomic E-state index is 0.112. The molecule has 2 rings (SSSR count). The average molecular weight is 345 g/mol. The molecule has 2 aromatic rings. The molecule has 0 saturated heterocycles. The van der Waals surface area contributed by atoms with E-state index in [4.69, 9.17) is 12.2 Å². The van der Waals surface area contributed by atoms with Gasteiger partial charge in [-0.15, -0.1) is 0 Å². The highest BCUT2D eigenvalue weighted by atomic mass is 32.1. The third kappa shape index (κ3) is 4.43. The zero-order valence-corrected chi connectivity index (χ0v) is 13.5. The molecule has 0 aliphatic carbocycles. The fraction of sp³-hybridized carbons (Fsp3) is 0.0625. The molecule has 0 saturated carbocycles. The number of aromatic hydroxyl groups is 1. The average Bonchev–Trinajstić information content (AvgIpc) is 2.59. The Hall–Kier alpha value is -3.13. The number of para-hydroxylation sites is 1. The van der Waals surface area contributed by atoms with Gasteiger partial charge in [-0.2, -0.15) is 0 Å². The maximum Gasteiger partial charge on any atom is 0.337 e. The molecule has 8 heteroatoms. The Morgan fingerprint density at radius 3 is 2.54 bits per heavy atom. The number of methoxy groups -OCH3 is 1. The molecule has 0 aliphatic rings. The van der Waals surface area contributed by atoms with Crippen molar-refractivity contribution in [3.63, 3.8) is 0 Å². The molecule has 0 aromatic heterocycles. The zero-order valence-electron chi connectivity index (χ0n) is 12.7. The van der Waals surface area contributed by atoms with E-state index in [-0.39, 0.29) is 16.4 Å². The number of hydrazine groups is 1. The lowest BCUT2D eigenvalue weighted by Gasteiger charge is -2.12. The predicted molar refractivity (Wildman–Crippen MR) is 92.7 cm³/mol. The summed E-state index contributed by atoms with van der Waals surface area (Å²) in [6, 6.07) is 12.6. The molecule has 0 atom stereocenters. The van der Waals surface area contributed by atoms with Crippen LogP contribution < -0.4 is 16.2 Å². The quantitative estimate of drug-likeness (QED) is 0.382. The Kier molecular flexibility index (Phi) is 5.69. The van der Waals surface area contributed by atoms with Gasteiger partial charge in [0.1, 0.15) is 5.75 Å². The molecule has 124 valence electrons. The van der Waals surface area contributed by atoms with E-state index in [2.05, 4.69) is 20.9 Å². The SMILES string of the molecule is COC(=O)c1cccc(NC(=S)NNC(=O)c2ccccc2O)c1. The van der Waals surface area contributed by atoms with Crippen molar-refractivity contribution in [2.75, 3.05) is 12.4 Å². The van der Waals surface area contributed by atoms with Crippen molar-refractivity contribution in [2.45, 2.75) is 0 Å². The van der Waals surface area contributed by atoms with Crippen molar-refractivity contribution >= 4 is 34.9 Å². The maximum atomic E-state index is 11.9. The number of nitrogens with one attached hydrogen (secondary N) is 3. The number of thiocarbonyl (C=S) groups is 1. The van der Waals surface area contributed by atoms with Gasteiger partial charge in [-0.25, -0.2) is 4.79 Å². The normalized spacial score (nSPS) is 9.71. The summed E-state index contributed by atoms with van der Waals surface area (Å²) in [7, 11) is 1.29. The molecule has 7 nitrogen and oxygen atoms in total. The van der Waals surface area contributed by atoms with Crippen LogP contribution in [0.25, 0.3) is 0 Å². The molecule has 1 amide bonds. The molecule has 0 spiro atoms. The number of rotatable bonds is 3. The fourth-order valence-corrected chi connectivity index (χ4v) is 2.02. The number of carbonyl (C=O) groups excluding carboxylic acids is 2. The summed E-state index contributed by atoms with van der Waals surface area (Å²) >= 11 is 5.06. The van der Waals surface area contributed by atoms with Gasteiger partial charge in [-0.3, -0.25) is 15.6 Å². The van der Waals surface area contributed by atoms with Crippen molar-refractivity contribution in [3.8, 4) is 5.75 Å². The van der Waals surface area contributed by atoms with E-state index >= 15 is 0 Å². The van der Waals surface area contributed by atoms with Gasteiger partial charge in [0, 0.05) is 5.69 Å². The number of phenols is 1. The number of esters is 1. The van der Waals surface area contributed by atoms with E-state index in [1.165, 1.54) is 19.2 Å². The number of phenolic OH excluding ortho intramolecular Hbond substituents is 1. The molecule has 2 aromatic carbocycles. The topological polar surface area (TPSA) is 99.7 Å². The minimum Gasteiger partial charge on any atom is -0.507 e. The summed E-state index contributed by atoms with van der Waals surface area (Å²) < 4.78 is 4.64. The first-order valence-corrected chi connectivity index (χ1v) is 7.26. The van der Waals surface area contributed by atoms with Gasteiger partial charge in [0.2, 0.25) is 0 Å². The lowest BCUT2D eigenvalue weighted by atomic mass is 10.2. The third-order valence-corrected chi connectivity index (χ3v) is 3.18. The highest BCUT2D eigenvalue weighted by Crippen LogP contribution is 2.15. The molecule has 0 radical (unpaired) electrons. The van der Waals surface area contributed by atoms with E-state index in [0.29, 0.717) is 11.3 Å². The highest BCUT2D eigenvalue weighted by Gasteiger charge is 2.10. The van der Waals surface area contributed by atoms with Crippen LogP contribution in [-0.2, 0) is 4.74 Å². The van der Waals surface area contributed by atoms with Crippen LogP contribution in [0.1, 0.15) is 20.7 Å². The number of hydrogen-bond donors (Lipinski definition) is 4. The summed E-state index contributed by atoms with van der Waals surface area (Å²) in [6.07, 6.45) is 0. The van der Waals surface area contributed by atoms with Crippen LogP contribution in [0.4, 0.5) is 5.69 Å². The van der Waals surface area contributed by atoms with Crippen LogP contribution in [0, 0.1) is 0 Å². The second kappa shape index (κ2) is 7.93. The number of ether oxygens (including phenoxy) is 1. The lowest BCUT2D eigenvalue weighted by Crippen LogP contribution is -2.43. The summed E-state index contributed by atoms with van der Waals surface area (Å²) in [6.45, 7) is 0. The van der Waals surface area contributed by atoms with E-state index in [1.807, 2.05) is 0 Å². The molecule has 0 heterocycles. The second-order valence-corrected chi connectivity index (χ2v) is 5.03. The van der Waals surface area contributed by atoms with Gasteiger partial charge < -0.3 is 15.2 Å². The molecule has 0 unspecified atom stereocenters. The largest absolute Gasteiger partial charge is 0.507 e. The van der Waals surface area contributed by atoms with Gasteiger partial charge in [-0.05, 0) is 42.5 Å². The molecule has 0 fully saturated rings. The van der Waals surface area contributed by atoms with E-state index in [9.17, 15) is 14.7 Å². The van der Waals surface area contributed by atoms with Crippen molar-refractivity contribution in [3.05, 3.63) is 59.7 Å². The van der Waals surface area contributed by atoms with Gasteiger partial charge in [-0.1, -0.05) is 18.2 Å². The highest BCUT2D eigenvalue weighted by molar-refractivity contribution is 7.80. The Balaban J connectivity index is 1.93. The summed E-state index contributed by atoms with van der Waals surface area (Å²) in [5, 5.41) is 12.5. The predicted octanol–water partition coefficient (Wildman–Crippen LogP) is 1.81. The van der Waals surface area contributed by atoms with Crippen molar-refractivity contribution in [2.24, 2.45) is 0 Å². The Morgan fingerprint density at radius 1 is 1.08 bits per heavy atom. The molecule has 24 heavy (non-hydrogen) atoms. The first-order valence-electron chi connectivity index (χ1n) is 6.85. The van der Waals surface area contributed by atoms with Crippen molar-refractivity contribution in [1.82, 2.24) is 10.9 Å². The van der Waals surface area contributed by atoms with E-state index in [1.54, 1.807) is 36.4 Å². The number of anilines is 1. The first kappa shape index (κ1) is 17.2. The lowest BCUT2D eigenvalue weighted by molar-refractivity contribution is 0.0600. The maximum absolute atomic E-state index is 11.9. The Morgan fingerprint density at radius 2 is 1.83 bits per heavy atom. The summed E-state index contributed by atoms with van der Waals surface area (Å²) in [5.74, 6) is -1.15. The van der Waals surface area contributed by atoms with Crippen LogP contribution in [-0.4, -0.2) is 29.2 Å². The molecular formula is C16H15N3O4S. The monoisotopic (exact) mass is 345 g/mol. The standard InChI is InChI=1S/C16H15N3O4S/c1-23-15(22)10-5-4-6-11(9-10)17-16(24)19-18-14(21)12-7-2-3-8-13(12)20/h2-9,20H,1H3,(H,18,21)(H2,17,19,24). The van der Waals surface area contributed by atoms with Crippen LogP contribution in [0.5, 0.6) is 5.75 Å². The Bertz CT molecular complexity index is 779. The zero-order chi connectivity index (χ0) is 17.5. The van der Waals surface area contributed by atoms with Crippen LogP contribution in [0.3, 0.4) is 0 Å². The number of amides is 1. The fourth-order valence-electron chi connectivity index (χ4n) is 1.85. The Labute approximate surface area is 143 Å². The van der Waals surface area contributed by atoms with E-state index in [0.717, 1.165) is 0 Å². The number of benzene rings is 2. The molecular weight excluding hydrogens is 330 g/mol. The molecule has 0 aliphatic heterocycles. The minimum atomic E-state index is -0.541. The van der Waals surface area contributed by atoms with Gasteiger partial charge in [0.05, 0.1) is 18.2 Å². The first-order chi connectivity index (χ1) is 11.5. The number of carbonyl (C=O) groups is 2. The molecule has 0 bridgehead atoms. The van der Waals surface area contributed by atoms with Gasteiger partial charge in [0.15, 0.2) is 5.11 Å².